The summed E-state index contributed by atoms with van der Waals surface area (Å²) in [6.07, 6.45) is 9.56. The van der Waals surface area contributed by atoms with Crippen LogP contribution in [0.3, 0.4) is 0 Å². The molecule has 0 radical (unpaired) electrons. The maximum atomic E-state index is 9.10. The van der Waals surface area contributed by atoms with Crippen molar-refractivity contribution in [2.24, 2.45) is 11.3 Å². The first-order valence-electron chi connectivity index (χ1n) is 11.7. The summed E-state index contributed by atoms with van der Waals surface area (Å²) >= 11 is 0. The summed E-state index contributed by atoms with van der Waals surface area (Å²) in [4.78, 5) is 20.8. The molecule has 3 rings (SSSR count). The standard InChI is InChI=1S/C23H38N2.C2H2O4/c1-4-23(2,3)20-10-12-21(13-11-20)24-22-14-16-25(17-15-22)18-19-8-6-5-7-9-19;3-1(4)2(5)6/h5-9,20-22,24H,4,10-18H2,1-3H3;(H,3,4)(H,5,6). The van der Waals surface area contributed by atoms with Crippen molar-refractivity contribution in [3.63, 3.8) is 0 Å². The summed E-state index contributed by atoms with van der Waals surface area (Å²) in [5.41, 5.74) is 1.99. The lowest BCUT2D eigenvalue weighted by Gasteiger charge is -2.41. The number of carboxylic acid groups (broad SMARTS) is 2. The van der Waals surface area contributed by atoms with Gasteiger partial charge in [-0.3, -0.25) is 4.90 Å². The van der Waals surface area contributed by atoms with E-state index in [1.807, 2.05) is 0 Å². The van der Waals surface area contributed by atoms with Gasteiger partial charge in [0.15, 0.2) is 0 Å². The van der Waals surface area contributed by atoms with Crippen molar-refractivity contribution < 1.29 is 19.8 Å². The molecule has 2 fully saturated rings. The molecule has 0 amide bonds. The average Bonchev–Trinajstić information content (AvgIpc) is 2.76. The third-order valence-corrected chi connectivity index (χ3v) is 7.23. The van der Waals surface area contributed by atoms with E-state index in [2.05, 4.69) is 61.3 Å². The van der Waals surface area contributed by atoms with Crippen LogP contribution in [0, 0.1) is 11.3 Å². The molecule has 1 aromatic rings. The molecular weight excluding hydrogens is 392 g/mol. The van der Waals surface area contributed by atoms with Crippen LogP contribution in [0.5, 0.6) is 0 Å². The van der Waals surface area contributed by atoms with Crippen LogP contribution in [0.1, 0.15) is 71.3 Å². The van der Waals surface area contributed by atoms with Crippen molar-refractivity contribution in [1.29, 1.82) is 0 Å². The molecular formula is C25H40N2O4. The number of hydrogen-bond acceptors (Lipinski definition) is 4. The molecule has 1 aliphatic heterocycles. The van der Waals surface area contributed by atoms with E-state index in [0.717, 1.165) is 24.5 Å². The molecule has 1 aliphatic carbocycles. The van der Waals surface area contributed by atoms with Crippen molar-refractivity contribution in [2.45, 2.75) is 84.3 Å². The number of nitrogens with one attached hydrogen (secondary N) is 1. The van der Waals surface area contributed by atoms with Crippen LogP contribution >= 0.6 is 0 Å². The summed E-state index contributed by atoms with van der Waals surface area (Å²) in [7, 11) is 0. The quantitative estimate of drug-likeness (QED) is 0.578. The van der Waals surface area contributed by atoms with Gasteiger partial charge in [-0.2, -0.15) is 0 Å². The second-order valence-electron chi connectivity index (χ2n) is 9.70. The highest BCUT2D eigenvalue weighted by Gasteiger charge is 2.32. The van der Waals surface area contributed by atoms with Crippen LogP contribution < -0.4 is 5.32 Å². The van der Waals surface area contributed by atoms with Crippen LogP contribution in [0.4, 0.5) is 0 Å². The fraction of sp³-hybridized carbons (Fsp3) is 0.680. The highest BCUT2D eigenvalue weighted by molar-refractivity contribution is 6.27. The van der Waals surface area contributed by atoms with E-state index in [1.165, 1.54) is 63.6 Å². The Morgan fingerprint density at radius 2 is 1.45 bits per heavy atom. The summed E-state index contributed by atoms with van der Waals surface area (Å²) in [6, 6.07) is 12.4. The van der Waals surface area contributed by atoms with Crippen molar-refractivity contribution in [3.8, 4) is 0 Å². The number of nitrogens with zero attached hydrogens (tertiary/aromatic N) is 1. The molecule has 2 aliphatic rings. The average molecular weight is 433 g/mol. The molecule has 0 atom stereocenters. The molecule has 6 heteroatoms. The van der Waals surface area contributed by atoms with E-state index in [4.69, 9.17) is 19.8 Å². The number of carbonyl (C=O) groups is 2. The highest BCUT2D eigenvalue weighted by Crippen LogP contribution is 2.40. The summed E-state index contributed by atoms with van der Waals surface area (Å²) in [5, 5.41) is 18.8. The van der Waals surface area contributed by atoms with Gasteiger partial charge in [-0.05, 0) is 68.5 Å². The summed E-state index contributed by atoms with van der Waals surface area (Å²) in [5.74, 6) is -2.71. The molecule has 0 unspecified atom stereocenters. The molecule has 0 bridgehead atoms. The van der Waals surface area contributed by atoms with E-state index < -0.39 is 11.9 Å². The van der Waals surface area contributed by atoms with Crippen molar-refractivity contribution >= 4 is 11.9 Å². The predicted molar refractivity (Wildman–Crippen MR) is 123 cm³/mol. The first-order chi connectivity index (χ1) is 14.7. The molecule has 0 aromatic heterocycles. The van der Waals surface area contributed by atoms with Crippen molar-refractivity contribution in [1.82, 2.24) is 10.2 Å². The normalized spacial score (nSPS) is 22.9. The maximum Gasteiger partial charge on any atom is 0.414 e. The number of benzene rings is 1. The second-order valence-corrected chi connectivity index (χ2v) is 9.70. The van der Waals surface area contributed by atoms with E-state index >= 15 is 0 Å². The van der Waals surface area contributed by atoms with Gasteiger partial charge in [0.05, 0.1) is 0 Å². The Morgan fingerprint density at radius 3 is 1.94 bits per heavy atom. The largest absolute Gasteiger partial charge is 0.473 e. The number of rotatable bonds is 6. The Labute approximate surface area is 187 Å². The van der Waals surface area contributed by atoms with Gasteiger partial charge in [-0.15, -0.1) is 0 Å². The van der Waals surface area contributed by atoms with Crippen LogP contribution in [0.25, 0.3) is 0 Å². The molecule has 0 spiro atoms. The van der Waals surface area contributed by atoms with E-state index in [9.17, 15) is 0 Å². The zero-order valence-corrected chi connectivity index (χ0v) is 19.3. The van der Waals surface area contributed by atoms with Gasteiger partial charge in [0.25, 0.3) is 0 Å². The van der Waals surface area contributed by atoms with Crippen molar-refractivity contribution in [3.05, 3.63) is 35.9 Å². The summed E-state index contributed by atoms with van der Waals surface area (Å²) < 4.78 is 0. The maximum absolute atomic E-state index is 9.10. The third kappa shape index (κ3) is 8.62. The predicted octanol–water partition coefficient (Wildman–Crippen LogP) is 4.39. The summed E-state index contributed by atoms with van der Waals surface area (Å²) in [6.45, 7) is 10.9. The lowest BCUT2D eigenvalue weighted by atomic mass is 9.69. The number of piperidine rings is 1. The monoisotopic (exact) mass is 432 g/mol. The zero-order chi connectivity index (χ0) is 22.9. The van der Waals surface area contributed by atoms with E-state index in [0.29, 0.717) is 5.41 Å². The topological polar surface area (TPSA) is 89.9 Å². The van der Waals surface area contributed by atoms with Crippen LogP contribution in [-0.4, -0.2) is 52.2 Å². The first kappa shape index (κ1) is 25.3. The number of likely N-dealkylation sites (tertiary alicyclic amines) is 1. The molecule has 1 aromatic carbocycles. The van der Waals surface area contributed by atoms with E-state index in [1.54, 1.807) is 0 Å². The Hall–Kier alpha value is -1.92. The fourth-order valence-corrected chi connectivity index (χ4v) is 4.76. The lowest BCUT2D eigenvalue weighted by Crippen LogP contribution is -2.47. The Kier molecular flexibility index (Phi) is 9.97. The van der Waals surface area contributed by atoms with Crippen molar-refractivity contribution in [2.75, 3.05) is 13.1 Å². The minimum absolute atomic E-state index is 0.535. The van der Waals surface area contributed by atoms with Crippen LogP contribution in [0.15, 0.2) is 30.3 Å². The Balaban J connectivity index is 0.000000501. The minimum atomic E-state index is -1.82. The van der Waals surface area contributed by atoms with Gasteiger partial charge in [0.2, 0.25) is 0 Å². The third-order valence-electron chi connectivity index (χ3n) is 7.23. The molecule has 31 heavy (non-hydrogen) atoms. The van der Waals surface area contributed by atoms with Gasteiger partial charge in [0, 0.05) is 18.6 Å². The Bertz CT molecular complexity index is 664. The molecule has 1 saturated heterocycles. The molecule has 1 heterocycles. The lowest BCUT2D eigenvalue weighted by molar-refractivity contribution is -0.159. The van der Waals surface area contributed by atoms with Gasteiger partial charge >= 0.3 is 11.9 Å². The van der Waals surface area contributed by atoms with E-state index in [-0.39, 0.29) is 0 Å². The van der Waals surface area contributed by atoms with Crippen LogP contribution in [0.2, 0.25) is 0 Å². The van der Waals surface area contributed by atoms with Gasteiger partial charge in [0.1, 0.15) is 0 Å². The van der Waals surface area contributed by atoms with Gasteiger partial charge in [-0.25, -0.2) is 9.59 Å². The SMILES string of the molecule is CCC(C)(C)C1CCC(NC2CCN(Cc3ccccc3)CC2)CC1.O=C(O)C(=O)O. The van der Waals surface area contributed by atoms with Gasteiger partial charge in [-0.1, -0.05) is 57.5 Å². The molecule has 174 valence electrons. The molecule has 6 nitrogen and oxygen atoms in total. The number of hydrogen-bond donors (Lipinski definition) is 3. The zero-order valence-electron chi connectivity index (χ0n) is 19.3. The fourth-order valence-electron chi connectivity index (χ4n) is 4.76. The smallest absolute Gasteiger partial charge is 0.414 e. The minimum Gasteiger partial charge on any atom is -0.473 e. The highest BCUT2D eigenvalue weighted by atomic mass is 16.4. The number of aliphatic carboxylic acids is 2. The van der Waals surface area contributed by atoms with Crippen LogP contribution in [-0.2, 0) is 16.1 Å². The molecule has 1 saturated carbocycles. The first-order valence-corrected chi connectivity index (χ1v) is 11.7. The second kappa shape index (κ2) is 12.2. The molecule has 3 N–H and O–H groups in total. The Morgan fingerprint density at radius 1 is 0.935 bits per heavy atom. The number of carboxylic acids is 2. The van der Waals surface area contributed by atoms with Gasteiger partial charge < -0.3 is 15.5 Å².